The summed E-state index contributed by atoms with van der Waals surface area (Å²) in [4.78, 5) is 24.8. The van der Waals surface area contributed by atoms with Crippen molar-refractivity contribution in [2.45, 2.75) is 32.9 Å². The van der Waals surface area contributed by atoms with E-state index in [1.54, 1.807) is 44.4 Å². The van der Waals surface area contributed by atoms with Crippen LogP contribution in [0, 0.1) is 0 Å². The van der Waals surface area contributed by atoms with E-state index in [1.165, 1.54) is 0 Å². The Kier molecular flexibility index (Phi) is 7.41. The number of amides is 2. The van der Waals surface area contributed by atoms with Gasteiger partial charge in [0.1, 0.15) is 6.61 Å². The average molecular weight is 445 g/mol. The topological polar surface area (TPSA) is 85.9 Å². The number of carbonyl (C=O) groups is 2. The molecule has 0 aliphatic carbocycles. The van der Waals surface area contributed by atoms with E-state index in [-0.39, 0.29) is 0 Å². The van der Waals surface area contributed by atoms with E-state index >= 15 is 0 Å². The smallest absolute Gasteiger partial charge is 0.338 e. The number of hydrogen-bond acceptors (Lipinski definition) is 5. The van der Waals surface area contributed by atoms with Crippen molar-refractivity contribution >= 4 is 23.6 Å². The summed E-state index contributed by atoms with van der Waals surface area (Å²) in [6, 6.07) is 11.5. The normalized spacial score (nSPS) is 15.7. The van der Waals surface area contributed by atoms with Crippen LogP contribution in [0.15, 0.2) is 53.7 Å². The molecule has 164 valence electrons. The number of hydrogen-bond donors (Lipinski definition) is 2. The number of methoxy groups -OCH3 is 1. The van der Waals surface area contributed by atoms with Gasteiger partial charge in [0.05, 0.1) is 25.3 Å². The van der Waals surface area contributed by atoms with Gasteiger partial charge in [-0.2, -0.15) is 0 Å². The second kappa shape index (κ2) is 10.2. The Hall–Kier alpha value is -3.19. The largest absolute Gasteiger partial charge is 0.493 e. The number of urea groups is 1. The number of halogens is 1. The van der Waals surface area contributed by atoms with Crippen molar-refractivity contribution in [2.75, 3.05) is 13.7 Å². The number of carbonyl (C=O) groups excluding carboxylic acids is 2. The van der Waals surface area contributed by atoms with Gasteiger partial charge in [-0.3, -0.25) is 0 Å². The molecule has 0 aromatic heterocycles. The minimum absolute atomic E-state index is 0.300. The third-order valence-electron chi connectivity index (χ3n) is 4.75. The molecule has 2 N–H and O–H groups in total. The van der Waals surface area contributed by atoms with Crippen LogP contribution in [0.3, 0.4) is 0 Å². The first-order chi connectivity index (χ1) is 14.9. The van der Waals surface area contributed by atoms with Crippen molar-refractivity contribution in [1.82, 2.24) is 10.6 Å². The Morgan fingerprint density at radius 1 is 1.13 bits per heavy atom. The minimum Gasteiger partial charge on any atom is -0.493 e. The van der Waals surface area contributed by atoms with Crippen molar-refractivity contribution in [3.05, 3.63) is 69.9 Å². The fraction of sp³-hybridized carbons (Fsp3) is 0.304. The number of rotatable bonds is 8. The zero-order chi connectivity index (χ0) is 22.4. The summed E-state index contributed by atoms with van der Waals surface area (Å²) >= 11 is 5.94. The van der Waals surface area contributed by atoms with E-state index in [2.05, 4.69) is 10.6 Å². The molecule has 3 rings (SSSR count). The molecule has 2 amide bonds. The maximum Gasteiger partial charge on any atom is 0.338 e. The molecule has 0 radical (unpaired) electrons. The van der Waals surface area contributed by atoms with Crippen LogP contribution in [0.25, 0.3) is 0 Å². The first kappa shape index (κ1) is 22.5. The SMILES string of the molecule is CCCOC(=O)C1=C(C)NC(=O)NC1c1ccc(OC)c(OCc2ccc(Cl)cc2)c1. The highest BCUT2D eigenvalue weighted by Crippen LogP contribution is 2.35. The lowest BCUT2D eigenvalue weighted by Crippen LogP contribution is -2.45. The van der Waals surface area contributed by atoms with Crippen LogP contribution in [-0.2, 0) is 16.1 Å². The molecule has 0 saturated carbocycles. The predicted molar refractivity (Wildman–Crippen MR) is 117 cm³/mol. The van der Waals surface area contributed by atoms with Crippen LogP contribution in [0.1, 0.15) is 37.4 Å². The lowest BCUT2D eigenvalue weighted by Gasteiger charge is -2.28. The van der Waals surface area contributed by atoms with Crippen molar-refractivity contribution < 1.29 is 23.8 Å². The van der Waals surface area contributed by atoms with Crippen LogP contribution in [0.2, 0.25) is 5.02 Å². The molecule has 1 atom stereocenters. The molecule has 0 bridgehead atoms. The second-order valence-corrected chi connectivity index (χ2v) is 7.47. The van der Waals surface area contributed by atoms with E-state index in [9.17, 15) is 9.59 Å². The predicted octanol–water partition coefficient (Wildman–Crippen LogP) is 4.51. The Labute approximate surface area is 186 Å². The molecule has 31 heavy (non-hydrogen) atoms. The lowest BCUT2D eigenvalue weighted by atomic mass is 9.95. The van der Waals surface area contributed by atoms with Gasteiger partial charge in [0, 0.05) is 10.7 Å². The van der Waals surface area contributed by atoms with Crippen molar-refractivity contribution in [3.8, 4) is 11.5 Å². The molecule has 7 nitrogen and oxygen atoms in total. The van der Waals surface area contributed by atoms with Gasteiger partial charge < -0.3 is 24.8 Å². The standard InChI is InChI=1S/C23H25ClN2O5/c1-4-11-30-22(27)20-14(2)25-23(28)26-21(20)16-7-10-18(29-3)19(12-16)31-13-15-5-8-17(24)9-6-15/h5-10,12,21H,4,11,13H2,1-3H3,(H2,25,26,28). The maximum atomic E-state index is 12.7. The molecule has 1 aliphatic heterocycles. The van der Waals surface area contributed by atoms with Crippen molar-refractivity contribution in [3.63, 3.8) is 0 Å². The molecule has 0 spiro atoms. The Morgan fingerprint density at radius 2 is 1.87 bits per heavy atom. The summed E-state index contributed by atoms with van der Waals surface area (Å²) in [5.74, 6) is 0.548. The zero-order valence-corrected chi connectivity index (χ0v) is 18.4. The van der Waals surface area contributed by atoms with Gasteiger partial charge in [-0.05, 0) is 48.7 Å². The minimum atomic E-state index is -0.679. The Balaban J connectivity index is 1.90. The molecular weight excluding hydrogens is 420 g/mol. The lowest BCUT2D eigenvalue weighted by molar-refractivity contribution is -0.139. The van der Waals surface area contributed by atoms with E-state index in [4.69, 9.17) is 25.8 Å². The number of benzene rings is 2. The zero-order valence-electron chi connectivity index (χ0n) is 17.7. The summed E-state index contributed by atoms with van der Waals surface area (Å²) in [6.07, 6.45) is 0.702. The molecule has 2 aromatic rings. The molecule has 1 aliphatic rings. The van der Waals surface area contributed by atoms with E-state index in [1.807, 2.05) is 19.1 Å². The summed E-state index contributed by atoms with van der Waals surface area (Å²) in [6.45, 7) is 4.20. The summed E-state index contributed by atoms with van der Waals surface area (Å²) in [7, 11) is 1.55. The average Bonchev–Trinajstić information content (AvgIpc) is 2.76. The Morgan fingerprint density at radius 3 is 2.55 bits per heavy atom. The molecular formula is C23H25ClN2O5. The number of allylic oxidation sites excluding steroid dienone is 1. The molecule has 0 fully saturated rings. The fourth-order valence-corrected chi connectivity index (χ4v) is 3.34. The molecule has 8 heteroatoms. The summed E-state index contributed by atoms with van der Waals surface area (Å²) in [5, 5.41) is 6.08. The summed E-state index contributed by atoms with van der Waals surface area (Å²) in [5.41, 5.74) is 2.41. The molecule has 2 aromatic carbocycles. The third-order valence-corrected chi connectivity index (χ3v) is 5.01. The first-order valence-electron chi connectivity index (χ1n) is 9.93. The summed E-state index contributed by atoms with van der Waals surface area (Å²) < 4.78 is 16.7. The second-order valence-electron chi connectivity index (χ2n) is 7.03. The highest BCUT2D eigenvalue weighted by molar-refractivity contribution is 6.30. The quantitative estimate of drug-likeness (QED) is 0.585. The van der Waals surface area contributed by atoms with Crippen LogP contribution < -0.4 is 20.1 Å². The molecule has 0 saturated heterocycles. The Bertz CT molecular complexity index is 988. The highest BCUT2D eigenvalue weighted by atomic mass is 35.5. The number of nitrogens with one attached hydrogen (secondary N) is 2. The monoisotopic (exact) mass is 444 g/mol. The van der Waals surface area contributed by atoms with Gasteiger partial charge in [-0.25, -0.2) is 9.59 Å². The molecule has 1 unspecified atom stereocenters. The van der Waals surface area contributed by atoms with Crippen LogP contribution in [0.5, 0.6) is 11.5 Å². The van der Waals surface area contributed by atoms with Crippen molar-refractivity contribution in [1.29, 1.82) is 0 Å². The van der Waals surface area contributed by atoms with Gasteiger partial charge in [-0.1, -0.05) is 36.7 Å². The highest BCUT2D eigenvalue weighted by Gasteiger charge is 2.32. The maximum absolute atomic E-state index is 12.7. The van der Waals surface area contributed by atoms with E-state index in [0.717, 1.165) is 5.56 Å². The number of ether oxygens (including phenoxy) is 3. The van der Waals surface area contributed by atoms with Gasteiger partial charge in [-0.15, -0.1) is 0 Å². The number of esters is 1. The third kappa shape index (κ3) is 5.49. The van der Waals surface area contributed by atoms with Gasteiger partial charge in [0.2, 0.25) is 0 Å². The van der Waals surface area contributed by atoms with Crippen LogP contribution in [0.4, 0.5) is 4.79 Å². The van der Waals surface area contributed by atoms with E-state index < -0.39 is 18.0 Å². The van der Waals surface area contributed by atoms with Crippen LogP contribution in [-0.4, -0.2) is 25.7 Å². The fourth-order valence-electron chi connectivity index (χ4n) is 3.21. The van der Waals surface area contributed by atoms with Crippen LogP contribution >= 0.6 is 11.6 Å². The van der Waals surface area contributed by atoms with E-state index in [0.29, 0.717) is 53.0 Å². The molecule has 1 heterocycles. The van der Waals surface area contributed by atoms with Crippen molar-refractivity contribution in [2.24, 2.45) is 0 Å². The van der Waals surface area contributed by atoms with Gasteiger partial charge in [0.25, 0.3) is 0 Å². The first-order valence-corrected chi connectivity index (χ1v) is 10.3. The van der Waals surface area contributed by atoms with Gasteiger partial charge >= 0.3 is 12.0 Å². The van der Waals surface area contributed by atoms with Gasteiger partial charge in [0.15, 0.2) is 11.5 Å².